The molecule has 8 heteroatoms. The van der Waals surface area contributed by atoms with Crippen LogP contribution < -0.4 is 0 Å². The largest absolute Gasteiger partial charge is 0.264 e. The van der Waals surface area contributed by atoms with E-state index in [-0.39, 0.29) is 0 Å². The fourth-order valence-electron chi connectivity index (χ4n) is 5.06. The van der Waals surface area contributed by atoms with Crippen molar-refractivity contribution in [3.63, 3.8) is 0 Å². The van der Waals surface area contributed by atoms with Gasteiger partial charge in [-0.3, -0.25) is 4.98 Å². The predicted octanol–water partition coefficient (Wildman–Crippen LogP) is 5.42. The lowest BCUT2D eigenvalue weighted by Crippen LogP contribution is -2.10. The second kappa shape index (κ2) is 11.3. The zero-order valence-corrected chi connectivity index (χ0v) is 20.5. The lowest BCUT2D eigenvalue weighted by molar-refractivity contribution is 0.351. The molecule has 0 bridgehead atoms. The molecule has 0 amide bonds. The van der Waals surface area contributed by atoms with Crippen LogP contribution in [0.25, 0.3) is 22.5 Å². The van der Waals surface area contributed by atoms with Crippen LogP contribution in [-0.4, -0.2) is 40.4 Å². The van der Waals surface area contributed by atoms with Crippen molar-refractivity contribution < 1.29 is 0 Å². The Bertz CT molecular complexity index is 1190. The van der Waals surface area contributed by atoms with Gasteiger partial charge in [0, 0.05) is 42.9 Å². The van der Waals surface area contributed by atoms with E-state index in [0.717, 1.165) is 60.1 Å². The van der Waals surface area contributed by atoms with Crippen molar-refractivity contribution in [3.05, 3.63) is 59.9 Å². The third-order valence-corrected chi connectivity index (χ3v) is 7.00. The Morgan fingerprint density at radius 1 is 1.00 bits per heavy atom. The quantitative estimate of drug-likeness (QED) is 0.311. The number of aryl methyl sites for hydroxylation is 1. The Balaban J connectivity index is 1.34. The van der Waals surface area contributed by atoms with Crippen LogP contribution in [0.1, 0.15) is 75.5 Å². The van der Waals surface area contributed by atoms with Crippen LogP contribution in [-0.2, 0) is 19.4 Å². The lowest BCUT2D eigenvalue weighted by Gasteiger charge is -2.19. The normalized spacial score (nSPS) is 14.4. The van der Waals surface area contributed by atoms with Crippen molar-refractivity contribution in [1.82, 2.24) is 40.4 Å². The van der Waals surface area contributed by atoms with E-state index in [2.05, 4.69) is 61.5 Å². The highest BCUT2D eigenvalue weighted by molar-refractivity contribution is 5.79. The molecule has 3 heterocycles. The third-order valence-electron chi connectivity index (χ3n) is 7.00. The first-order valence-corrected chi connectivity index (χ1v) is 13.0. The minimum atomic E-state index is 0.567. The molecule has 8 nitrogen and oxygen atoms in total. The van der Waals surface area contributed by atoms with E-state index in [4.69, 9.17) is 10.1 Å². The molecule has 35 heavy (non-hydrogen) atoms. The maximum absolute atomic E-state index is 5.02. The molecular weight excluding hydrogens is 436 g/mol. The van der Waals surface area contributed by atoms with Crippen LogP contribution >= 0.6 is 0 Å². The summed E-state index contributed by atoms with van der Waals surface area (Å²) in [4.78, 5) is 9.33. The zero-order chi connectivity index (χ0) is 23.9. The molecule has 5 rings (SSSR count). The topological polar surface area (TPSA) is 98.1 Å². The van der Waals surface area contributed by atoms with E-state index in [1.54, 1.807) is 6.20 Å². The summed E-state index contributed by atoms with van der Waals surface area (Å²) >= 11 is 0. The Hall–Kier alpha value is -3.42. The van der Waals surface area contributed by atoms with Crippen LogP contribution in [0.5, 0.6) is 0 Å². The second-order valence-corrected chi connectivity index (χ2v) is 9.61. The smallest absolute Gasteiger partial charge is 0.205 e. The molecule has 0 radical (unpaired) electrons. The predicted molar refractivity (Wildman–Crippen MR) is 135 cm³/mol. The van der Waals surface area contributed by atoms with Crippen molar-refractivity contribution >= 4 is 0 Å². The van der Waals surface area contributed by atoms with E-state index in [9.17, 15) is 0 Å². The Morgan fingerprint density at radius 3 is 2.63 bits per heavy atom. The van der Waals surface area contributed by atoms with Crippen LogP contribution in [0.4, 0.5) is 0 Å². The summed E-state index contributed by atoms with van der Waals surface area (Å²) in [6.07, 6.45) is 15.7. The fourth-order valence-corrected chi connectivity index (χ4v) is 5.06. The number of hydrogen-bond acceptors (Lipinski definition) is 6. The summed E-state index contributed by atoms with van der Waals surface area (Å²) in [7, 11) is 0. The summed E-state index contributed by atoms with van der Waals surface area (Å²) in [6.45, 7) is 3.19. The molecule has 1 aromatic carbocycles. The van der Waals surface area contributed by atoms with Gasteiger partial charge < -0.3 is 0 Å². The van der Waals surface area contributed by atoms with Gasteiger partial charge in [0.05, 0.1) is 0 Å². The maximum Gasteiger partial charge on any atom is 0.205 e. The van der Waals surface area contributed by atoms with Crippen LogP contribution in [0.3, 0.4) is 0 Å². The number of rotatable bonds is 10. The molecular formula is C27H34N8. The molecule has 182 valence electrons. The number of unbranched alkanes of at least 4 members (excludes halogenated alkanes) is 2. The lowest BCUT2D eigenvalue weighted by atomic mass is 9.87. The number of benzene rings is 1. The summed E-state index contributed by atoms with van der Waals surface area (Å²) < 4.78 is 2.16. The highest BCUT2D eigenvalue weighted by Crippen LogP contribution is 2.29. The van der Waals surface area contributed by atoms with Gasteiger partial charge in [-0.15, -0.1) is 10.2 Å². The Labute approximate surface area is 206 Å². The maximum atomic E-state index is 5.02. The average molecular weight is 471 g/mol. The fraction of sp³-hybridized carbons (Fsp3) is 0.481. The Kier molecular flexibility index (Phi) is 7.56. The summed E-state index contributed by atoms with van der Waals surface area (Å²) in [5.74, 6) is 3.42. The number of nitrogens with zero attached hydrogens (tertiary/aromatic N) is 7. The highest BCUT2D eigenvalue weighted by Gasteiger charge is 2.18. The number of hydrogen-bond donors (Lipinski definition) is 1. The first-order valence-electron chi connectivity index (χ1n) is 13.0. The molecule has 4 aromatic rings. The van der Waals surface area contributed by atoms with Gasteiger partial charge in [-0.05, 0) is 34.7 Å². The molecule has 0 aliphatic heterocycles. The molecule has 1 N–H and O–H groups in total. The van der Waals surface area contributed by atoms with Crippen LogP contribution in [0, 0.1) is 5.92 Å². The number of nitrogens with one attached hydrogen (secondary N) is 1. The van der Waals surface area contributed by atoms with Crippen LogP contribution in [0.2, 0.25) is 0 Å². The molecule has 0 spiro atoms. The third kappa shape index (κ3) is 5.81. The Morgan fingerprint density at radius 2 is 1.86 bits per heavy atom. The zero-order valence-electron chi connectivity index (χ0n) is 20.5. The standard InChI is InChI=1S/C27H34N8/c1-2-3-7-16-35-26(29-25(32-35)17-20-8-5-4-6-9-20)18-21-10-12-22(13-11-21)24-19-28-15-14-23(24)27-30-33-34-31-27/h10-15,19-20H,2-9,16-18H2,1H3,(H,30,31,33,34). The average Bonchev–Trinajstić information content (AvgIpc) is 3.56. The first-order chi connectivity index (χ1) is 17.3. The highest BCUT2D eigenvalue weighted by atomic mass is 15.5. The molecule has 1 saturated carbocycles. The van der Waals surface area contributed by atoms with Gasteiger partial charge >= 0.3 is 0 Å². The summed E-state index contributed by atoms with van der Waals surface area (Å²) in [5, 5.41) is 19.5. The number of tetrazole rings is 1. The van der Waals surface area contributed by atoms with Gasteiger partial charge in [0.25, 0.3) is 0 Å². The summed E-state index contributed by atoms with van der Waals surface area (Å²) in [5.41, 5.74) is 4.19. The van der Waals surface area contributed by atoms with Gasteiger partial charge in [0.15, 0.2) is 5.82 Å². The SMILES string of the molecule is CCCCCn1nc(CC2CCCCC2)nc1Cc1ccc(-c2cnccc2-c2nn[nH]n2)cc1. The first kappa shape index (κ1) is 23.3. The summed E-state index contributed by atoms with van der Waals surface area (Å²) in [6, 6.07) is 10.5. The molecule has 0 saturated heterocycles. The van der Waals surface area contributed by atoms with Crippen LogP contribution in [0.15, 0.2) is 42.7 Å². The number of H-pyrrole nitrogens is 1. The number of aromatic amines is 1. The van der Waals surface area contributed by atoms with Crippen molar-refractivity contribution in [3.8, 4) is 22.5 Å². The van der Waals surface area contributed by atoms with E-state index >= 15 is 0 Å². The number of aromatic nitrogens is 8. The van der Waals surface area contributed by atoms with Crippen molar-refractivity contribution in [1.29, 1.82) is 0 Å². The second-order valence-electron chi connectivity index (χ2n) is 9.61. The van der Waals surface area contributed by atoms with E-state index in [1.807, 2.05) is 12.3 Å². The van der Waals surface area contributed by atoms with Crippen molar-refractivity contribution in [2.45, 2.75) is 77.7 Å². The van der Waals surface area contributed by atoms with Gasteiger partial charge in [-0.1, -0.05) is 76.1 Å². The molecule has 1 fully saturated rings. The minimum Gasteiger partial charge on any atom is -0.264 e. The van der Waals surface area contributed by atoms with Gasteiger partial charge in [0.2, 0.25) is 5.82 Å². The van der Waals surface area contributed by atoms with Gasteiger partial charge in [0.1, 0.15) is 5.82 Å². The minimum absolute atomic E-state index is 0.567. The molecule has 3 aromatic heterocycles. The van der Waals surface area contributed by atoms with Gasteiger partial charge in [-0.2, -0.15) is 10.3 Å². The van der Waals surface area contributed by atoms with E-state index in [0.29, 0.717) is 5.82 Å². The van der Waals surface area contributed by atoms with E-state index < -0.39 is 0 Å². The molecule has 1 aliphatic rings. The number of pyridine rings is 1. The van der Waals surface area contributed by atoms with E-state index in [1.165, 1.54) is 50.5 Å². The van der Waals surface area contributed by atoms with Gasteiger partial charge in [-0.25, -0.2) is 9.67 Å². The monoisotopic (exact) mass is 470 g/mol. The molecule has 1 aliphatic carbocycles. The van der Waals surface area contributed by atoms with Crippen molar-refractivity contribution in [2.75, 3.05) is 0 Å². The molecule has 0 unspecified atom stereocenters. The molecule has 0 atom stereocenters. The van der Waals surface area contributed by atoms with Crippen molar-refractivity contribution in [2.24, 2.45) is 5.92 Å².